The monoisotopic (exact) mass is 306 g/mol. The van der Waals surface area contributed by atoms with Crippen LogP contribution in [0.3, 0.4) is 0 Å². The number of aromatic nitrogens is 2. The van der Waals surface area contributed by atoms with Crippen LogP contribution in [0.1, 0.15) is 5.56 Å². The minimum atomic E-state index is -0.512. The largest absolute Gasteiger partial charge is 0.368 e. The maximum Gasteiger partial charge on any atom is 0.287 e. The van der Waals surface area contributed by atoms with Crippen molar-refractivity contribution in [2.24, 2.45) is 5.73 Å². The van der Waals surface area contributed by atoms with Gasteiger partial charge >= 0.3 is 0 Å². The summed E-state index contributed by atoms with van der Waals surface area (Å²) in [4.78, 5) is 24.6. The Morgan fingerprint density at radius 3 is 2.67 bits per heavy atom. The summed E-state index contributed by atoms with van der Waals surface area (Å²) in [6, 6.07) is 9.47. The molecule has 0 aliphatic heterocycles. The lowest BCUT2D eigenvalue weighted by Gasteiger charge is -2.18. The second-order valence-electron chi connectivity index (χ2n) is 4.61. The van der Waals surface area contributed by atoms with Crippen LogP contribution in [0.15, 0.2) is 41.3 Å². The van der Waals surface area contributed by atoms with Gasteiger partial charge in [-0.15, -0.1) is 0 Å². The highest BCUT2D eigenvalue weighted by atomic mass is 35.5. The number of nitrogens with two attached hydrogens (primary N) is 1. The van der Waals surface area contributed by atoms with E-state index < -0.39 is 11.5 Å². The van der Waals surface area contributed by atoms with Crippen LogP contribution in [0.2, 0.25) is 5.02 Å². The zero-order chi connectivity index (χ0) is 15.4. The number of rotatable bonds is 5. The number of likely N-dealkylation sites (N-methyl/N-ethyl adjacent to an activating group) is 1. The van der Waals surface area contributed by atoms with Gasteiger partial charge in [0.2, 0.25) is 5.91 Å². The third kappa shape index (κ3) is 3.61. The van der Waals surface area contributed by atoms with Gasteiger partial charge in [-0.05, 0) is 5.56 Å². The minimum absolute atomic E-state index is 0.0182. The minimum Gasteiger partial charge on any atom is -0.368 e. The quantitative estimate of drug-likeness (QED) is 0.888. The van der Waals surface area contributed by atoms with Crippen molar-refractivity contribution in [2.45, 2.75) is 6.54 Å². The standard InChI is InChI=1S/C14H15ClN4O2/c1-18(9-12(16)20)11-7-17-19(14(21)13(11)15)8-10-5-3-2-4-6-10/h2-7H,8-9H2,1H3,(H2,16,20). The second-order valence-corrected chi connectivity index (χ2v) is 4.99. The van der Waals surface area contributed by atoms with Crippen molar-refractivity contribution >= 4 is 23.2 Å². The van der Waals surface area contributed by atoms with E-state index in [0.717, 1.165) is 5.56 Å². The number of halogens is 1. The average molecular weight is 307 g/mol. The van der Waals surface area contributed by atoms with Crippen LogP contribution >= 0.6 is 11.6 Å². The molecule has 0 saturated carbocycles. The summed E-state index contributed by atoms with van der Waals surface area (Å²) in [5, 5.41) is 4.11. The number of amides is 1. The third-order valence-corrected chi connectivity index (χ3v) is 3.30. The van der Waals surface area contributed by atoms with Crippen molar-refractivity contribution in [3.63, 3.8) is 0 Å². The molecule has 0 fully saturated rings. The molecule has 0 spiro atoms. The first-order chi connectivity index (χ1) is 9.99. The number of nitrogens with zero attached hydrogens (tertiary/aromatic N) is 3. The van der Waals surface area contributed by atoms with Crippen LogP contribution in [-0.2, 0) is 11.3 Å². The Morgan fingerprint density at radius 1 is 1.38 bits per heavy atom. The molecule has 1 heterocycles. The molecule has 110 valence electrons. The molecule has 21 heavy (non-hydrogen) atoms. The Labute approximate surface area is 126 Å². The fourth-order valence-corrected chi connectivity index (χ4v) is 2.20. The van der Waals surface area contributed by atoms with Gasteiger partial charge < -0.3 is 10.6 Å². The van der Waals surface area contributed by atoms with E-state index in [0.29, 0.717) is 12.2 Å². The number of carbonyl (C=O) groups excluding carboxylic acids is 1. The number of hydrogen-bond acceptors (Lipinski definition) is 4. The molecule has 0 saturated heterocycles. The molecule has 7 heteroatoms. The van der Waals surface area contributed by atoms with E-state index in [2.05, 4.69) is 5.10 Å². The highest BCUT2D eigenvalue weighted by molar-refractivity contribution is 6.33. The molecule has 2 aromatic rings. The first kappa shape index (κ1) is 15.1. The van der Waals surface area contributed by atoms with Crippen molar-refractivity contribution < 1.29 is 4.79 Å². The molecular weight excluding hydrogens is 292 g/mol. The van der Waals surface area contributed by atoms with E-state index in [-0.39, 0.29) is 11.6 Å². The summed E-state index contributed by atoms with van der Waals surface area (Å²) >= 11 is 6.08. The van der Waals surface area contributed by atoms with Gasteiger partial charge in [0.25, 0.3) is 5.56 Å². The van der Waals surface area contributed by atoms with E-state index in [1.165, 1.54) is 15.8 Å². The number of carbonyl (C=O) groups is 1. The van der Waals surface area contributed by atoms with E-state index in [1.54, 1.807) is 7.05 Å². The lowest BCUT2D eigenvalue weighted by Crippen LogP contribution is -2.33. The van der Waals surface area contributed by atoms with E-state index in [1.807, 2.05) is 30.3 Å². The summed E-state index contributed by atoms with van der Waals surface area (Å²) in [6.07, 6.45) is 1.45. The van der Waals surface area contributed by atoms with Gasteiger partial charge in [-0.2, -0.15) is 5.10 Å². The molecule has 0 unspecified atom stereocenters. The van der Waals surface area contributed by atoms with Crippen molar-refractivity contribution in [1.29, 1.82) is 0 Å². The van der Waals surface area contributed by atoms with Crippen molar-refractivity contribution in [2.75, 3.05) is 18.5 Å². The third-order valence-electron chi connectivity index (χ3n) is 2.95. The molecule has 0 bridgehead atoms. The Kier molecular flexibility index (Phi) is 4.59. The summed E-state index contributed by atoms with van der Waals surface area (Å²) in [6.45, 7) is 0.294. The summed E-state index contributed by atoms with van der Waals surface area (Å²) in [5.41, 5.74) is 6.04. The lowest BCUT2D eigenvalue weighted by molar-refractivity contribution is -0.116. The maximum absolute atomic E-state index is 12.2. The van der Waals surface area contributed by atoms with Crippen LogP contribution in [0.4, 0.5) is 5.69 Å². The molecule has 2 rings (SSSR count). The average Bonchev–Trinajstić information content (AvgIpc) is 2.44. The van der Waals surface area contributed by atoms with E-state index >= 15 is 0 Å². The molecule has 1 aromatic heterocycles. The van der Waals surface area contributed by atoms with Crippen LogP contribution in [0, 0.1) is 0 Å². The van der Waals surface area contributed by atoms with Crippen molar-refractivity contribution in [3.05, 3.63) is 57.5 Å². The fourth-order valence-electron chi connectivity index (χ4n) is 1.91. The predicted molar refractivity (Wildman–Crippen MR) is 81.5 cm³/mol. The lowest BCUT2D eigenvalue weighted by atomic mass is 10.2. The second kappa shape index (κ2) is 6.41. The molecule has 2 N–H and O–H groups in total. The Morgan fingerprint density at radius 2 is 2.05 bits per heavy atom. The number of hydrogen-bond donors (Lipinski definition) is 1. The highest BCUT2D eigenvalue weighted by Crippen LogP contribution is 2.19. The Hall–Kier alpha value is -2.34. The fraction of sp³-hybridized carbons (Fsp3) is 0.214. The van der Waals surface area contributed by atoms with E-state index in [4.69, 9.17) is 17.3 Å². The van der Waals surface area contributed by atoms with Crippen LogP contribution in [0.25, 0.3) is 0 Å². The first-order valence-electron chi connectivity index (χ1n) is 6.28. The Balaban J connectivity index is 2.29. The first-order valence-corrected chi connectivity index (χ1v) is 6.66. The van der Waals surface area contributed by atoms with E-state index in [9.17, 15) is 9.59 Å². The van der Waals surface area contributed by atoms with Gasteiger partial charge in [-0.1, -0.05) is 41.9 Å². The van der Waals surface area contributed by atoms with Gasteiger partial charge in [0.15, 0.2) is 0 Å². The van der Waals surface area contributed by atoms with Crippen LogP contribution < -0.4 is 16.2 Å². The topological polar surface area (TPSA) is 81.2 Å². The smallest absolute Gasteiger partial charge is 0.287 e. The molecule has 0 aliphatic carbocycles. The molecule has 1 amide bonds. The molecule has 0 aliphatic rings. The normalized spacial score (nSPS) is 10.4. The van der Waals surface area contributed by atoms with Crippen molar-refractivity contribution in [3.8, 4) is 0 Å². The maximum atomic E-state index is 12.2. The predicted octanol–water partition coefficient (Wildman–Crippen LogP) is 0.866. The van der Waals surface area contributed by atoms with Gasteiger partial charge in [-0.25, -0.2) is 4.68 Å². The van der Waals surface area contributed by atoms with Gasteiger partial charge in [-0.3, -0.25) is 9.59 Å². The molecule has 6 nitrogen and oxygen atoms in total. The zero-order valence-corrected chi connectivity index (χ0v) is 12.2. The molecule has 0 radical (unpaired) electrons. The van der Waals surface area contributed by atoms with Gasteiger partial charge in [0.05, 0.1) is 25.0 Å². The number of primary amides is 1. The summed E-state index contributed by atoms with van der Waals surface area (Å²) < 4.78 is 1.28. The number of benzene rings is 1. The summed E-state index contributed by atoms with van der Waals surface area (Å²) in [5.74, 6) is -0.512. The highest BCUT2D eigenvalue weighted by Gasteiger charge is 2.14. The van der Waals surface area contributed by atoms with Crippen LogP contribution in [-0.4, -0.2) is 29.3 Å². The molecule has 0 atom stereocenters. The zero-order valence-electron chi connectivity index (χ0n) is 11.5. The van der Waals surface area contributed by atoms with Crippen LogP contribution in [0.5, 0.6) is 0 Å². The van der Waals surface area contributed by atoms with Crippen molar-refractivity contribution in [1.82, 2.24) is 9.78 Å². The Bertz CT molecular complexity index is 700. The number of anilines is 1. The molecular formula is C14H15ClN4O2. The van der Waals surface area contributed by atoms with Gasteiger partial charge in [0.1, 0.15) is 5.02 Å². The summed E-state index contributed by atoms with van der Waals surface area (Å²) in [7, 11) is 1.62. The molecule has 1 aromatic carbocycles. The SMILES string of the molecule is CN(CC(N)=O)c1cnn(Cc2ccccc2)c(=O)c1Cl. The van der Waals surface area contributed by atoms with Gasteiger partial charge in [0, 0.05) is 7.05 Å².